The number of likely N-dealkylation sites (tertiary alicyclic amines) is 2. The number of piperidine rings is 1. The molecule has 3 fully saturated rings. The van der Waals surface area contributed by atoms with Crippen LogP contribution in [0.5, 0.6) is 0 Å². The first-order valence-electron chi connectivity index (χ1n) is 13.9. The van der Waals surface area contributed by atoms with E-state index < -0.39 is 23.5 Å². The van der Waals surface area contributed by atoms with E-state index in [0.29, 0.717) is 38.0 Å². The number of anilines is 1. The molecular formula is C30H37F3N4O2. The molecule has 2 amide bonds. The van der Waals surface area contributed by atoms with Gasteiger partial charge in [-0.15, -0.1) is 0 Å². The first-order chi connectivity index (χ1) is 18.6. The Kier molecular flexibility index (Phi) is 7.64. The summed E-state index contributed by atoms with van der Waals surface area (Å²) >= 11 is 0. The summed E-state index contributed by atoms with van der Waals surface area (Å²) in [5.41, 5.74) is 7.30. The van der Waals surface area contributed by atoms with E-state index in [9.17, 15) is 22.8 Å². The van der Waals surface area contributed by atoms with Gasteiger partial charge in [-0.1, -0.05) is 36.8 Å². The van der Waals surface area contributed by atoms with Crippen molar-refractivity contribution in [3.63, 3.8) is 0 Å². The highest BCUT2D eigenvalue weighted by molar-refractivity contribution is 6.03. The Bertz CT molecular complexity index is 1190. The van der Waals surface area contributed by atoms with Gasteiger partial charge in [-0.2, -0.15) is 13.2 Å². The van der Waals surface area contributed by atoms with E-state index in [1.54, 1.807) is 11.0 Å². The molecular weight excluding hydrogens is 505 g/mol. The molecule has 2 aromatic rings. The van der Waals surface area contributed by atoms with Gasteiger partial charge in [0.25, 0.3) is 5.91 Å². The van der Waals surface area contributed by atoms with E-state index in [1.807, 2.05) is 54.4 Å². The highest BCUT2D eigenvalue weighted by atomic mass is 19.4. The Morgan fingerprint density at radius 2 is 1.64 bits per heavy atom. The van der Waals surface area contributed by atoms with Crippen LogP contribution in [0.15, 0.2) is 48.5 Å². The first-order valence-corrected chi connectivity index (χ1v) is 13.9. The molecule has 1 aliphatic carbocycles. The summed E-state index contributed by atoms with van der Waals surface area (Å²) in [7, 11) is 2.04. The van der Waals surface area contributed by atoms with Crippen LogP contribution in [0.2, 0.25) is 0 Å². The number of nitrogens with two attached hydrogens (primary N) is 1. The van der Waals surface area contributed by atoms with Crippen molar-refractivity contribution in [2.24, 2.45) is 11.1 Å². The van der Waals surface area contributed by atoms with E-state index in [2.05, 4.69) is 4.90 Å². The third-order valence-electron chi connectivity index (χ3n) is 9.13. The van der Waals surface area contributed by atoms with Crippen molar-refractivity contribution in [1.82, 2.24) is 9.80 Å². The molecule has 0 radical (unpaired) electrons. The minimum absolute atomic E-state index is 0.122. The summed E-state index contributed by atoms with van der Waals surface area (Å²) in [5, 5.41) is 0. The van der Waals surface area contributed by atoms with E-state index in [4.69, 9.17) is 5.73 Å². The second-order valence-corrected chi connectivity index (χ2v) is 11.4. The first kappa shape index (κ1) is 27.5. The minimum Gasteiger partial charge on any atom is -0.372 e. The Morgan fingerprint density at radius 3 is 2.23 bits per heavy atom. The van der Waals surface area contributed by atoms with Crippen molar-refractivity contribution in [1.29, 1.82) is 0 Å². The number of amides is 2. The van der Waals surface area contributed by atoms with E-state index >= 15 is 0 Å². The zero-order valence-electron chi connectivity index (χ0n) is 22.4. The molecule has 0 spiro atoms. The number of carbonyl (C=O) groups is 2. The van der Waals surface area contributed by atoms with Gasteiger partial charge in [0.1, 0.15) is 6.04 Å². The van der Waals surface area contributed by atoms with Crippen LogP contribution < -0.4 is 10.6 Å². The summed E-state index contributed by atoms with van der Waals surface area (Å²) in [5.74, 6) is -0.659. The van der Waals surface area contributed by atoms with E-state index in [1.165, 1.54) is 0 Å². The van der Waals surface area contributed by atoms with Gasteiger partial charge in [-0.25, -0.2) is 0 Å². The van der Waals surface area contributed by atoms with Crippen LogP contribution in [0.1, 0.15) is 55.3 Å². The molecule has 1 unspecified atom stereocenters. The maximum atomic E-state index is 13.6. The number of nitrogens with zero attached hydrogens (tertiary/aromatic N) is 3. The third-order valence-corrected chi connectivity index (χ3v) is 9.13. The Labute approximate surface area is 227 Å². The number of halogens is 3. The van der Waals surface area contributed by atoms with Crippen molar-refractivity contribution in [2.75, 3.05) is 38.1 Å². The average molecular weight is 543 g/mol. The summed E-state index contributed by atoms with van der Waals surface area (Å²) in [6.07, 6.45) is 0.0293. The molecule has 1 atom stereocenters. The zero-order chi connectivity index (χ0) is 27.8. The predicted molar refractivity (Wildman–Crippen MR) is 145 cm³/mol. The van der Waals surface area contributed by atoms with Gasteiger partial charge in [-0.3, -0.25) is 9.59 Å². The fourth-order valence-electron chi connectivity index (χ4n) is 6.50. The van der Waals surface area contributed by atoms with Gasteiger partial charge in [0, 0.05) is 50.5 Å². The number of hydrogen-bond acceptors (Lipinski definition) is 4. The molecule has 1 saturated carbocycles. The fourth-order valence-corrected chi connectivity index (χ4v) is 6.50. The van der Waals surface area contributed by atoms with Crippen molar-refractivity contribution < 1.29 is 22.8 Å². The maximum Gasteiger partial charge on any atom is 0.395 e. The molecule has 3 aliphatic rings. The third kappa shape index (κ3) is 5.38. The second kappa shape index (κ2) is 10.8. The van der Waals surface area contributed by atoms with Crippen molar-refractivity contribution in [3.05, 3.63) is 54.1 Å². The van der Waals surface area contributed by atoms with Crippen molar-refractivity contribution in [3.8, 4) is 11.1 Å². The lowest BCUT2D eigenvalue weighted by Gasteiger charge is -2.48. The smallest absolute Gasteiger partial charge is 0.372 e. The number of hydrogen-bond donors (Lipinski definition) is 1. The van der Waals surface area contributed by atoms with Crippen LogP contribution in [-0.4, -0.2) is 73.1 Å². The van der Waals surface area contributed by atoms with Crippen LogP contribution in [0, 0.1) is 5.41 Å². The lowest BCUT2D eigenvalue weighted by molar-refractivity contribution is -0.256. The van der Waals surface area contributed by atoms with Crippen LogP contribution in [0.25, 0.3) is 11.1 Å². The molecule has 2 heterocycles. The van der Waals surface area contributed by atoms with E-state index in [0.717, 1.165) is 36.1 Å². The molecule has 0 bridgehead atoms. The Balaban J connectivity index is 1.24. The standard InChI is InChI=1S/C30H37F3N4O2/c1-35(23-13-18-36(19-14-23)20-29(15-5-16-29)30(31,32)33)22-11-9-21(10-12-22)24-6-2-3-7-25(24)28(39)37-17-4-8-26(37)27(34)38/h2-3,6-7,9-12,23,26H,4-5,8,13-20H2,1H3,(H2,34,38). The van der Waals surface area contributed by atoms with Crippen LogP contribution in [0.4, 0.5) is 18.9 Å². The zero-order valence-corrected chi connectivity index (χ0v) is 22.4. The van der Waals surface area contributed by atoms with Gasteiger partial charge in [0.05, 0.1) is 5.41 Å². The summed E-state index contributed by atoms with van der Waals surface area (Å²) < 4.78 is 40.8. The minimum atomic E-state index is -4.12. The topological polar surface area (TPSA) is 69.9 Å². The largest absolute Gasteiger partial charge is 0.395 e. The molecule has 9 heteroatoms. The average Bonchev–Trinajstić information content (AvgIpc) is 3.40. The Hall–Kier alpha value is -3.07. The molecule has 0 aromatic heterocycles. The number of benzene rings is 2. The molecule has 2 saturated heterocycles. The monoisotopic (exact) mass is 542 g/mol. The normalized spacial score (nSPS) is 21.9. The molecule has 2 aliphatic heterocycles. The van der Waals surface area contributed by atoms with Crippen molar-refractivity contribution >= 4 is 17.5 Å². The Morgan fingerprint density at radius 1 is 0.974 bits per heavy atom. The molecule has 5 rings (SSSR count). The number of rotatable bonds is 7. The van der Waals surface area contributed by atoms with Gasteiger partial charge in [-0.05, 0) is 67.9 Å². The highest BCUT2D eigenvalue weighted by Crippen LogP contribution is 2.53. The lowest BCUT2D eigenvalue weighted by atomic mass is 9.67. The van der Waals surface area contributed by atoms with Gasteiger partial charge in [0.2, 0.25) is 5.91 Å². The van der Waals surface area contributed by atoms with Crippen LogP contribution >= 0.6 is 0 Å². The summed E-state index contributed by atoms with van der Waals surface area (Å²) in [4.78, 5) is 31.0. The summed E-state index contributed by atoms with van der Waals surface area (Å²) in [6.45, 7) is 1.98. The van der Waals surface area contributed by atoms with Gasteiger partial charge in [0.15, 0.2) is 0 Å². The number of carbonyl (C=O) groups excluding carboxylic acids is 2. The van der Waals surface area contributed by atoms with E-state index in [-0.39, 0.29) is 31.3 Å². The van der Waals surface area contributed by atoms with Gasteiger partial charge >= 0.3 is 6.18 Å². The molecule has 6 nitrogen and oxygen atoms in total. The SMILES string of the molecule is CN(c1ccc(-c2ccccc2C(=O)N2CCCC2C(N)=O)cc1)C1CCN(CC2(C(F)(F)F)CCC2)CC1. The van der Waals surface area contributed by atoms with Crippen LogP contribution in [-0.2, 0) is 4.79 Å². The fraction of sp³-hybridized carbons (Fsp3) is 0.533. The number of primary amides is 1. The maximum absolute atomic E-state index is 13.6. The predicted octanol–water partition coefficient (Wildman–Crippen LogP) is 5.08. The molecule has 210 valence electrons. The molecule has 2 N–H and O–H groups in total. The second-order valence-electron chi connectivity index (χ2n) is 11.4. The quantitative estimate of drug-likeness (QED) is 0.530. The lowest BCUT2D eigenvalue weighted by Crippen LogP contribution is -2.54. The summed E-state index contributed by atoms with van der Waals surface area (Å²) in [6, 6.07) is 15.1. The molecule has 39 heavy (non-hydrogen) atoms. The highest BCUT2D eigenvalue weighted by Gasteiger charge is 2.58. The van der Waals surface area contributed by atoms with Crippen molar-refractivity contribution in [2.45, 2.75) is 63.2 Å². The molecule has 2 aromatic carbocycles. The number of alkyl halides is 3. The van der Waals surface area contributed by atoms with Gasteiger partial charge < -0.3 is 20.4 Å². The van der Waals surface area contributed by atoms with Crippen LogP contribution in [0.3, 0.4) is 0 Å².